The monoisotopic (exact) mass is 521 g/mol. The predicted molar refractivity (Wildman–Crippen MR) is 173 cm³/mol. The molecule has 0 aliphatic carbocycles. The van der Waals surface area contributed by atoms with Crippen LogP contribution in [0, 0.1) is 23.7 Å². The van der Waals surface area contributed by atoms with E-state index < -0.39 is 0 Å². The fraction of sp³-hybridized carbons (Fsp3) is 1.00. The lowest BCUT2D eigenvalue weighted by Gasteiger charge is -2.14. The van der Waals surface area contributed by atoms with Crippen molar-refractivity contribution < 1.29 is 0 Å². The molecule has 0 fully saturated rings. The molecule has 0 aromatic rings. The summed E-state index contributed by atoms with van der Waals surface area (Å²) < 4.78 is 0. The van der Waals surface area contributed by atoms with E-state index in [2.05, 4.69) is 41.5 Å². The second kappa shape index (κ2) is 29.0. The molecule has 0 aromatic heterocycles. The maximum Gasteiger partial charge on any atom is -0.0443 e. The zero-order valence-corrected chi connectivity index (χ0v) is 27.4. The molecule has 0 amide bonds. The minimum absolute atomic E-state index is 0.939. The van der Waals surface area contributed by atoms with Crippen LogP contribution in [0.5, 0.6) is 0 Å². The molecule has 0 unspecified atom stereocenters. The van der Waals surface area contributed by atoms with Crippen LogP contribution in [-0.4, -0.2) is 0 Å². The van der Waals surface area contributed by atoms with Gasteiger partial charge in [-0.05, 0) is 23.7 Å². The predicted octanol–water partition coefficient (Wildman–Crippen LogP) is 14.1. The van der Waals surface area contributed by atoms with Crippen molar-refractivity contribution in [1.29, 1.82) is 0 Å². The number of rotatable bonds is 30. The highest BCUT2D eigenvalue weighted by molar-refractivity contribution is 4.60. The van der Waals surface area contributed by atoms with Crippen molar-refractivity contribution in [3.05, 3.63) is 0 Å². The summed E-state index contributed by atoms with van der Waals surface area (Å²) in [6.07, 6.45) is 39.5. The molecule has 0 nitrogen and oxygen atoms in total. The summed E-state index contributed by atoms with van der Waals surface area (Å²) in [4.78, 5) is 0. The normalized spacial score (nSPS) is 15.1. The second-order valence-corrected chi connectivity index (χ2v) is 13.7. The lowest BCUT2D eigenvalue weighted by molar-refractivity contribution is 0.400. The van der Waals surface area contributed by atoms with Gasteiger partial charge in [0.2, 0.25) is 0 Å². The fourth-order valence-electron chi connectivity index (χ4n) is 6.10. The van der Waals surface area contributed by atoms with Gasteiger partial charge < -0.3 is 0 Å². The van der Waals surface area contributed by atoms with Gasteiger partial charge in [0.25, 0.3) is 0 Å². The molecule has 4 atom stereocenters. The van der Waals surface area contributed by atoms with Crippen molar-refractivity contribution in [2.24, 2.45) is 23.7 Å². The lowest BCUT2D eigenvalue weighted by Crippen LogP contribution is -1.98. The molecule has 0 bridgehead atoms. The molecule has 0 rings (SSSR count). The van der Waals surface area contributed by atoms with Gasteiger partial charge in [-0.3, -0.25) is 0 Å². The van der Waals surface area contributed by atoms with E-state index in [0.29, 0.717) is 0 Å². The van der Waals surface area contributed by atoms with Crippen LogP contribution >= 0.6 is 0 Å². The first-order valence-electron chi connectivity index (χ1n) is 18.0. The average molecular weight is 521 g/mol. The van der Waals surface area contributed by atoms with Gasteiger partial charge >= 0.3 is 0 Å². The van der Waals surface area contributed by atoms with Crippen LogP contribution in [0.2, 0.25) is 0 Å². The van der Waals surface area contributed by atoms with Crippen LogP contribution in [0.15, 0.2) is 0 Å². The first-order valence-corrected chi connectivity index (χ1v) is 18.0. The summed E-state index contributed by atoms with van der Waals surface area (Å²) in [5.41, 5.74) is 0. The van der Waals surface area contributed by atoms with Crippen molar-refractivity contribution in [2.75, 3.05) is 0 Å². The molecule has 0 aromatic carbocycles. The van der Waals surface area contributed by atoms with E-state index in [1.54, 1.807) is 0 Å². The van der Waals surface area contributed by atoms with Gasteiger partial charge in [-0.25, -0.2) is 0 Å². The van der Waals surface area contributed by atoms with Crippen molar-refractivity contribution in [3.8, 4) is 0 Å². The third kappa shape index (κ3) is 28.8. The zero-order chi connectivity index (χ0) is 27.4. The van der Waals surface area contributed by atoms with Gasteiger partial charge in [-0.1, -0.05) is 215 Å². The van der Waals surface area contributed by atoms with E-state index in [4.69, 9.17) is 0 Å². The molecule has 0 aliphatic heterocycles. The number of hydrogen-bond donors (Lipinski definition) is 0. The molecule has 0 heteroatoms. The van der Waals surface area contributed by atoms with E-state index in [0.717, 1.165) is 23.7 Å². The average Bonchev–Trinajstić information content (AvgIpc) is 2.89. The Morgan fingerprint density at radius 3 is 0.757 bits per heavy atom. The number of unbranched alkanes of at least 4 members (excludes halogenated alkanes) is 15. The Kier molecular flexibility index (Phi) is 29.0. The SMILES string of the molecule is CCCCCCCCCC[C@H](C)CCCCCC[C@H](C)CCCCC[C@H](C)CCCCCC[C@H](C)CC. The number of hydrogen-bond acceptors (Lipinski definition) is 0. The quantitative estimate of drug-likeness (QED) is 0.0826. The molecule has 0 N–H and O–H groups in total. The Morgan fingerprint density at radius 1 is 0.270 bits per heavy atom. The van der Waals surface area contributed by atoms with Crippen molar-refractivity contribution in [2.45, 2.75) is 215 Å². The molecular formula is C37H76. The summed E-state index contributed by atoms with van der Waals surface area (Å²) in [7, 11) is 0. The third-order valence-corrected chi connectivity index (χ3v) is 9.43. The van der Waals surface area contributed by atoms with Crippen LogP contribution in [0.3, 0.4) is 0 Å². The summed E-state index contributed by atoms with van der Waals surface area (Å²) in [5, 5.41) is 0. The van der Waals surface area contributed by atoms with E-state index in [-0.39, 0.29) is 0 Å². The first-order chi connectivity index (χ1) is 18.0. The molecule has 37 heavy (non-hydrogen) atoms. The van der Waals surface area contributed by atoms with Crippen LogP contribution < -0.4 is 0 Å². The smallest absolute Gasteiger partial charge is 0.0443 e. The van der Waals surface area contributed by atoms with E-state index in [1.165, 1.54) is 173 Å². The molecule has 0 saturated carbocycles. The Labute approximate surface area is 238 Å². The van der Waals surface area contributed by atoms with Crippen molar-refractivity contribution in [1.82, 2.24) is 0 Å². The third-order valence-electron chi connectivity index (χ3n) is 9.43. The maximum atomic E-state index is 2.51. The molecule has 0 heterocycles. The van der Waals surface area contributed by atoms with E-state index >= 15 is 0 Å². The highest BCUT2D eigenvalue weighted by atomic mass is 14.1. The highest BCUT2D eigenvalue weighted by Gasteiger charge is 2.06. The Balaban J connectivity index is 3.37. The molecule has 224 valence electrons. The largest absolute Gasteiger partial charge is 0.0654 e. The molecule has 0 spiro atoms. The highest BCUT2D eigenvalue weighted by Crippen LogP contribution is 2.22. The van der Waals surface area contributed by atoms with Crippen molar-refractivity contribution in [3.63, 3.8) is 0 Å². The van der Waals surface area contributed by atoms with Gasteiger partial charge in [0.1, 0.15) is 0 Å². The standard InChI is InChI=1S/C37H76/c1-7-9-10-11-12-13-14-21-28-35(4)29-23-17-18-24-31-37(6)33-26-19-25-32-36(5)30-22-16-15-20-27-34(3)8-2/h34-37H,7-33H2,1-6H3/t34-,35+,36-,37+/m1/s1. The minimum Gasteiger partial charge on any atom is -0.0654 e. The lowest BCUT2D eigenvalue weighted by atomic mass is 9.93. The zero-order valence-electron chi connectivity index (χ0n) is 27.4. The summed E-state index contributed by atoms with van der Waals surface area (Å²) in [5.74, 6) is 3.81. The molecule has 0 aliphatic rings. The van der Waals surface area contributed by atoms with E-state index in [9.17, 15) is 0 Å². The summed E-state index contributed by atoms with van der Waals surface area (Å²) >= 11 is 0. The summed E-state index contributed by atoms with van der Waals surface area (Å²) in [6.45, 7) is 14.6. The van der Waals surface area contributed by atoms with Gasteiger partial charge in [0, 0.05) is 0 Å². The topological polar surface area (TPSA) is 0 Å². The Hall–Kier alpha value is 0. The maximum absolute atomic E-state index is 2.51. The summed E-state index contributed by atoms with van der Waals surface area (Å²) in [6, 6.07) is 0. The van der Waals surface area contributed by atoms with Gasteiger partial charge in [0.15, 0.2) is 0 Å². The second-order valence-electron chi connectivity index (χ2n) is 13.7. The first kappa shape index (κ1) is 37.0. The molecular weight excluding hydrogens is 444 g/mol. The Morgan fingerprint density at radius 2 is 0.486 bits per heavy atom. The van der Waals surface area contributed by atoms with Gasteiger partial charge in [-0.15, -0.1) is 0 Å². The van der Waals surface area contributed by atoms with Gasteiger partial charge in [-0.2, -0.15) is 0 Å². The van der Waals surface area contributed by atoms with Crippen LogP contribution in [0.4, 0.5) is 0 Å². The molecule has 0 radical (unpaired) electrons. The molecule has 0 saturated heterocycles. The Bertz CT molecular complexity index is 412. The fourth-order valence-corrected chi connectivity index (χ4v) is 6.10. The van der Waals surface area contributed by atoms with E-state index in [1.807, 2.05) is 0 Å². The van der Waals surface area contributed by atoms with Crippen LogP contribution in [0.25, 0.3) is 0 Å². The van der Waals surface area contributed by atoms with Crippen LogP contribution in [0.1, 0.15) is 215 Å². The van der Waals surface area contributed by atoms with Crippen LogP contribution in [-0.2, 0) is 0 Å². The minimum atomic E-state index is 0.939. The van der Waals surface area contributed by atoms with Crippen molar-refractivity contribution >= 4 is 0 Å². The van der Waals surface area contributed by atoms with Gasteiger partial charge in [0.05, 0.1) is 0 Å².